The van der Waals surface area contributed by atoms with Crippen LogP contribution in [-0.2, 0) is 28.7 Å². The van der Waals surface area contributed by atoms with Gasteiger partial charge < -0.3 is 24.7 Å². The summed E-state index contributed by atoms with van der Waals surface area (Å²) in [5, 5.41) is 15.2. The number of hydrogen-bond acceptors (Lipinski definition) is 8. The van der Waals surface area contributed by atoms with Crippen LogP contribution in [-0.4, -0.2) is 82.1 Å². The molecule has 1 fully saturated rings. The van der Waals surface area contributed by atoms with Gasteiger partial charge in [-0.2, -0.15) is 0 Å². The molecule has 0 saturated carbocycles. The van der Waals surface area contributed by atoms with E-state index in [4.69, 9.17) is 14.3 Å². The number of thioether (sulfide) groups is 1. The summed E-state index contributed by atoms with van der Waals surface area (Å²) in [6.45, 7) is 3.96. The number of nitrogens with zero attached hydrogens (tertiary/aromatic N) is 2. The fourth-order valence-corrected chi connectivity index (χ4v) is 4.69. The molecule has 0 aromatic carbocycles. The van der Waals surface area contributed by atoms with Crippen molar-refractivity contribution in [3.8, 4) is 0 Å². The molecule has 2 heterocycles. The summed E-state index contributed by atoms with van der Waals surface area (Å²) in [4.78, 5) is 42.6. The number of β-lactam (4-membered cyclic amide) rings is 1. The van der Waals surface area contributed by atoms with E-state index in [1.54, 1.807) is 13.8 Å². The van der Waals surface area contributed by atoms with Gasteiger partial charge in [-0.3, -0.25) is 14.5 Å². The molecule has 2 amide bonds. The Morgan fingerprint density at radius 3 is 2.57 bits per heavy atom. The minimum absolute atomic E-state index is 0.0801. The molecule has 2 N–H and O–H groups in total. The summed E-state index contributed by atoms with van der Waals surface area (Å²) in [6, 6.07) is -0.890. The molecule has 0 bridgehead atoms. The molecular formula is C16H22BrN3O7S. The zero-order valence-corrected chi connectivity index (χ0v) is 18.0. The van der Waals surface area contributed by atoms with Gasteiger partial charge >= 0.3 is 5.97 Å². The molecule has 0 aromatic rings. The van der Waals surface area contributed by atoms with Gasteiger partial charge in [0, 0.05) is 19.0 Å². The third-order valence-corrected chi connectivity index (χ3v) is 5.96. The Labute approximate surface area is 174 Å². The number of alkyl halides is 1. The maximum absolute atomic E-state index is 12.9. The molecule has 2 aliphatic heterocycles. The number of carboxylic acids is 1. The molecule has 2 rings (SSSR count). The number of nitrogens with one attached hydrogen (secondary N) is 1. The topological polar surface area (TPSA) is 127 Å². The number of fused-ring (bicyclic) bond motifs is 1. The highest BCUT2D eigenvalue weighted by Crippen LogP contribution is 2.37. The third kappa shape index (κ3) is 4.19. The number of halogens is 1. The zero-order chi connectivity index (χ0) is 20.9. The van der Waals surface area contributed by atoms with Gasteiger partial charge in [0.05, 0.1) is 5.33 Å². The first kappa shape index (κ1) is 22.7. The van der Waals surface area contributed by atoms with Crippen molar-refractivity contribution < 1.29 is 33.8 Å². The average Bonchev–Trinajstić information content (AvgIpc) is 2.68. The minimum atomic E-state index is -1.50. The number of carboxylic acid groups (broad SMARTS) is 1. The van der Waals surface area contributed by atoms with Crippen LogP contribution in [0.3, 0.4) is 0 Å². The number of carbonyl (C=O) groups excluding carboxylic acids is 2. The first-order valence-corrected chi connectivity index (χ1v) is 10.7. The molecule has 0 spiro atoms. The van der Waals surface area contributed by atoms with Gasteiger partial charge in [-0.1, -0.05) is 21.1 Å². The Bertz CT molecular complexity index is 694. The molecule has 0 aromatic heterocycles. The highest BCUT2D eigenvalue weighted by atomic mass is 79.9. The number of carbonyl (C=O) groups is 3. The quantitative estimate of drug-likeness (QED) is 0.152. The van der Waals surface area contributed by atoms with E-state index >= 15 is 0 Å². The van der Waals surface area contributed by atoms with Crippen LogP contribution in [0.25, 0.3) is 0 Å². The maximum Gasteiger partial charge on any atom is 0.352 e. The summed E-state index contributed by atoms with van der Waals surface area (Å²) in [5.74, 6) is -3.47. The lowest BCUT2D eigenvalue weighted by Crippen LogP contribution is -2.71. The number of amides is 2. The lowest BCUT2D eigenvalue weighted by Gasteiger charge is -2.48. The summed E-state index contributed by atoms with van der Waals surface area (Å²) in [5.41, 5.74) is -0.264. The number of rotatable bonds is 10. The van der Waals surface area contributed by atoms with Crippen molar-refractivity contribution in [3.05, 3.63) is 11.8 Å². The van der Waals surface area contributed by atoms with E-state index in [0.29, 0.717) is 5.75 Å². The summed E-state index contributed by atoms with van der Waals surface area (Å²) in [7, 11) is 1.28. The van der Waals surface area contributed by atoms with Crippen LogP contribution in [0, 0.1) is 0 Å². The Morgan fingerprint density at radius 1 is 1.43 bits per heavy atom. The van der Waals surface area contributed by atoms with Crippen LogP contribution in [0.2, 0.25) is 0 Å². The molecule has 0 radical (unpaired) electrons. The molecule has 2 aliphatic rings. The molecular weight excluding hydrogens is 458 g/mol. The minimum Gasteiger partial charge on any atom is -0.477 e. The van der Waals surface area contributed by atoms with Gasteiger partial charge in [0.2, 0.25) is 11.5 Å². The zero-order valence-electron chi connectivity index (χ0n) is 15.6. The van der Waals surface area contributed by atoms with Crippen molar-refractivity contribution in [3.63, 3.8) is 0 Å². The van der Waals surface area contributed by atoms with Crippen molar-refractivity contribution in [2.75, 3.05) is 31.4 Å². The lowest BCUT2D eigenvalue weighted by atomic mass is 10.0. The second kappa shape index (κ2) is 9.72. The van der Waals surface area contributed by atoms with Crippen LogP contribution in [0.1, 0.15) is 13.8 Å². The highest BCUT2D eigenvalue weighted by Gasteiger charge is 2.54. The Hall–Kier alpha value is -1.63. The molecule has 156 valence electrons. The van der Waals surface area contributed by atoms with E-state index in [0.717, 1.165) is 4.90 Å². The van der Waals surface area contributed by atoms with Gasteiger partial charge in [0.15, 0.2) is 0 Å². The maximum atomic E-state index is 12.9. The standard InChI is InChI=1S/C16H22BrN3O7S/c1-4-26-16(8-17,27-5-2)11(19-25-3)12(21)18-10-13(22)20-9(15(23)24)6-7-28-14(10)20/h6,10,14H,4-5,7-8H2,1-3H3,(H,18,21)(H,23,24)/t10?,14-/m1/s1. The first-order chi connectivity index (χ1) is 13.4. The SMILES string of the molecule is CCOC(CBr)(OCC)C(=NOC)C(=O)NC1C(=O)N2C(C(=O)O)=CCS[C@H]12. The van der Waals surface area contributed by atoms with Crippen molar-refractivity contribution in [2.45, 2.75) is 31.1 Å². The number of hydrogen-bond donors (Lipinski definition) is 2. The van der Waals surface area contributed by atoms with E-state index < -0.39 is 35.0 Å². The van der Waals surface area contributed by atoms with Crippen LogP contribution in [0.5, 0.6) is 0 Å². The highest BCUT2D eigenvalue weighted by molar-refractivity contribution is 9.09. The molecule has 0 aliphatic carbocycles. The normalized spacial score (nSPS) is 22.1. The van der Waals surface area contributed by atoms with Gasteiger partial charge in [0.25, 0.3) is 11.8 Å². The molecule has 2 atom stereocenters. The second-order valence-electron chi connectivity index (χ2n) is 5.65. The second-order valence-corrected chi connectivity index (χ2v) is 7.36. The first-order valence-electron chi connectivity index (χ1n) is 8.51. The Balaban J connectivity index is 2.22. The van der Waals surface area contributed by atoms with E-state index in [9.17, 15) is 19.5 Å². The van der Waals surface area contributed by atoms with Gasteiger partial charge in [0.1, 0.15) is 24.2 Å². The van der Waals surface area contributed by atoms with E-state index in [2.05, 4.69) is 26.4 Å². The van der Waals surface area contributed by atoms with Crippen LogP contribution >= 0.6 is 27.7 Å². The summed E-state index contributed by atoms with van der Waals surface area (Å²) >= 11 is 4.64. The molecule has 10 nitrogen and oxygen atoms in total. The van der Waals surface area contributed by atoms with E-state index in [-0.39, 0.29) is 30.0 Å². The van der Waals surface area contributed by atoms with Gasteiger partial charge in [-0.05, 0) is 19.9 Å². The van der Waals surface area contributed by atoms with Crippen LogP contribution in [0.15, 0.2) is 16.9 Å². The monoisotopic (exact) mass is 479 g/mol. The van der Waals surface area contributed by atoms with Crippen molar-refractivity contribution in [1.29, 1.82) is 0 Å². The van der Waals surface area contributed by atoms with Crippen LogP contribution < -0.4 is 5.32 Å². The summed E-state index contributed by atoms with van der Waals surface area (Å²) < 4.78 is 11.3. The number of oxime groups is 1. The lowest BCUT2D eigenvalue weighted by molar-refractivity contribution is -0.171. The number of ether oxygens (including phenoxy) is 2. The van der Waals surface area contributed by atoms with Crippen molar-refractivity contribution in [2.24, 2.45) is 5.16 Å². The van der Waals surface area contributed by atoms with Crippen molar-refractivity contribution in [1.82, 2.24) is 10.2 Å². The van der Waals surface area contributed by atoms with Gasteiger partial charge in [-0.25, -0.2) is 4.79 Å². The third-order valence-electron chi connectivity index (χ3n) is 4.04. The molecule has 12 heteroatoms. The molecule has 1 saturated heterocycles. The largest absolute Gasteiger partial charge is 0.477 e. The van der Waals surface area contributed by atoms with E-state index in [1.165, 1.54) is 24.9 Å². The Kier molecular flexibility index (Phi) is 7.87. The molecule has 28 heavy (non-hydrogen) atoms. The Morgan fingerprint density at radius 2 is 2.07 bits per heavy atom. The predicted octanol–water partition coefficient (Wildman–Crippen LogP) is 0.521. The average molecular weight is 480 g/mol. The van der Waals surface area contributed by atoms with Crippen LogP contribution in [0.4, 0.5) is 0 Å². The predicted molar refractivity (Wildman–Crippen MR) is 105 cm³/mol. The fourth-order valence-electron chi connectivity index (χ4n) is 2.91. The molecule has 1 unspecified atom stereocenters. The fraction of sp³-hybridized carbons (Fsp3) is 0.625. The van der Waals surface area contributed by atoms with E-state index in [1.807, 2.05) is 0 Å². The van der Waals surface area contributed by atoms with Crippen molar-refractivity contribution >= 4 is 51.2 Å². The van der Waals surface area contributed by atoms with Gasteiger partial charge in [-0.15, -0.1) is 11.8 Å². The summed E-state index contributed by atoms with van der Waals surface area (Å²) in [6.07, 6.45) is 1.47. The smallest absolute Gasteiger partial charge is 0.352 e. The number of aliphatic carboxylic acids is 1.